The second-order valence-corrected chi connectivity index (χ2v) is 4.19. The highest BCUT2D eigenvalue weighted by Crippen LogP contribution is 2.21. The zero-order valence-corrected chi connectivity index (χ0v) is 9.62. The molecule has 4 nitrogen and oxygen atoms in total. The van der Waals surface area contributed by atoms with E-state index in [9.17, 15) is 9.59 Å². The molecular formula is C11H12O4S. The molecule has 0 saturated carbocycles. The van der Waals surface area contributed by atoms with Gasteiger partial charge in [-0.15, -0.1) is 11.8 Å². The smallest absolute Gasteiger partial charge is 0.313 e. The van der Waals surface area contributed by atoms with Gasteiger partial charge in [0, 0.05) is 4.90 Å². The van der Waals surface area contributed by atoms with Crippen molar-refractivity contribution in [1.82, 2.24) is 0 Å². The molecule has 0 unspecified atom stereocenters. The van der Waals surface area contributed by atoms with E-state index in [-0.39, 0.29) is 18.1 Å². The molecule has 0 heterocycles. The minimum absolute atomic E-state index is 0.0354. The monoisotopic (exact) mass is 240 g/mol. The van der Waals surface area contributed by atoms with Crippen LogP contribution >= 0.6 is 11.8 Å². The van der Waals surface area contributed by atoms with Gasteiger partial charge in [-0.25, -0.2) is 0 Å². The first-order chi connectivity index (χ1) is 7.58. The van der Waals surface area contributed by atoms with E-state index in [1.54, 1.807) is 24.3 Å². The number of hydrogen-bond acceptors (Lipinski definition) is 4. The first-order valence-electron chi connectivity index (χ1n) is 4.65. The van der Waals surface area contributed by atoms with Gasteiger partial charge < -0.3 is 9.84 Å². The second-order valence-electron chi connectivity index (χ2n) is 3.14. The van der Waals surface area contributed by atoms with E-state index in [0.29, 0.717) is 5.75 Å². The lowest BCUT2D eigenvalue weighted by Crippen LogP contribution is -2.06. The third-order valence-corrected chi connectivity index (χ3v) is 2.62. The van der Waals surface area contributed by atoms with Crippen LogP contribution in [-0.4, -0.2) is 29.2 Å². The second kappa shape index (κ2) is 6.17. The van der Waals surface area contributed by atoms with Crippen molar-refractivity contribution in [3.8, 4) is 5.75 Å². The number of rotatable bonds is 6. The lowest BCUT2D eigenvalue weighted by Gasteiger charge is -2.04. The number of thioether (sulfide) groups is 1. The zero-order chi connectivity index (χ0) is 12.0. The molecule has 0 saturated heterocycles. The number of carboxylic acid groups (broad SMARTS) is 1. The Hall–Kier alpha value is -1.49. The molecule has 0 aliphatic heterocycles. The summed E-state index contributed by atoms with van der Waals surface area (Å²) in [5, 5.41) is 8.49. The van der Waals surface area contributed by atoms with E-state index in [1.165, 1.54) is 18.7 Å². The Bertz CT molecular complexity index is 335. The summed E-state index contributed by atoms with van der Waals surface area (Å²) in [4.78, 5) is 21.9. The molecule has 1 aromatic rings. The van der Waals surface area contributed by atoms with Crippen molar-refractivity contribution in [2.75, 3.05) is 12.4 Å². The maximum absolute atomic E-state index is 10.7. The molecule has 0 aliphatic carbocycles. The van der Waals surface area contributed by atoms with Crippen LogP contribution in [0.25, 0.3) is 0 Å². The molecule has 1 N–H and O–H groups in total. The lowest BCUT2D eigenvalue weighted by molar-refractivity contribution is -0.133. The van der Waals surface area contributed by atoms with Gasteiger partial charge in [0.15, 0.2) is 5.78 Å². The maximum Gasteiger partial charge on any atom is 0.313 e. The number of carboxylic acids is 1. The summed E-state index contributed by atoms with van der Waals surface area (Å²) in [5.74, 6) is -0.241. The van der Waals surface area contributed by atoms with Crippen LogP contribution in [0.1, 0.15) is 6.92 Å². The molecule has 0 atom stereocenters. The van der Waals surface area contributed by atoms with Crippen molar-refractivity contribution in [3.63, 3.8) is 0 Å². The van der Waals surface area contributed by atoms with E-state index >= 15 is 0 Å². The molecular weight excluding hydrogens is 228 g/mol. The van der Waals surface area contributed by atoms with Crippen LogP contribution in [0.5, 0.6) is 5.75 Å². The summed E-state index contributed by atoms with van der Waals surface area (Å²) >= 11 is 1.24. The summed E-state index contributed by atoms with van der Waals surface area (Å²) in [6, 6.07) is 6.96. The van der Waals surface area contributed by atoms with Crippen LogP contribution < -0.4 is 4.74 Å². The molecule has 0 amide bonds. The number of ketones is 1. The van der Waals surface area contributed by atoms with Crippen LogP contribution in [0.3, 0.4) is 0 Å². The number of ether oxygens (including phenoxy) is 1. The fourth-order valence-corrected chi connectivity index (χ4v) is 1.58. The van der Waals surface area contributed by atoms with E-state index in [4.69, 9.17) is 9.84 Å². The number of carbonyl (C=O) groups is 2. The van der Waals surface area contributed by atoms with E-state index < -0.39 is 5.97 Å². The number of Topliss-reactive ketones (excluding diaryl/α,β-unsaturated/α-hetero) is 1. The maximum atomic E-state index is 10.7. The Balaban J connectivity index is 2.47. The molecule has 0 aliphatic rings. The van der Waals surface area contributed by atoms with Gasteiger partial charge >= 0.3 is 5.97 Å². The average molecular weight is 240 g/mol. The van der Waals surface area contributed by atoms with E-state index in [0.717, 1.165) is 4.90 Å². The Morgan fingerprint density at radius 2 is 1.94 bits per heavy atom. The minimum Gasteiger partial charge on any atom is -0.486 e. The molecule has 0 fully saturated rings. The standard InChI is InChI=1S/C11H12O4S/c1-8(12)6-15-9-2-4-10(5-3-9)16-7-11(13)14/h2-5H,6-7H2,1H3,(H,13,14). The molecule has 0 spiro atoms. The Morgan fingerprint density at radius 3 is 2.44 bits per heavy atom. The molecule has 1 rings (SSSR count). The number of carbonyl (C=O) groups excluding carboxylic acids is 1. The number of hydrogen-bond donors (Lipinski definition) is 1. The Labute approximate surface area is 97.6 Å². The Kier molecular flexibility index (Phi) is 4.85. The topological polar surface area (TPSA) is 63.6 Å². The van der Waals surface area contributed by atoms with Gasteiger partial charge in [-0.05, 0) is 31.2 Å². The van der Waals surface area contributed by atoms with Gasteiger partial charge in [0.05, 0.1) is 5.75 Å². The molecule has 0 bridgehead atoms. The van der Waals surface area contributed by atoms with Gasteiger partial charge in [0.2, 0.25) is 0 Å². The van der Waals surface area contributed by atoms with Crippen LogP contribution in [-0.2, 0) is 9.59 Å². The normalized spacial score (nSPS) is 9.81. The fourth-order valence-electron chi connectivity index (χ4n) is 0.962. The fraction of sp³-hybridized carbons (Fsp3) is 0.273. The first kappa shape index (κ1) is 12.6. The largest absolute Gasteiger partial charge is 0.486 e. The zero-order valence-electron chi connectivity index (χ0n) is 8.80. The summed E-state index contributed by atoms with van der Waals surface area (Å²) in [5.41, 5.74) is 0. The van der Waals surface area contributed by atoms with Crippen molar-refractivity contribution in [1.29, 1.82) is 0 Å². The van der Waals surface area contributed by atoms with Gasteiger partial charge in [-0.3, -0.25) is 9.59 Å². The van der Waals surface area contributed by atoms with Crippen molar-refractivity contribution in [2.24, 2.45) is 0 Å². The van der Waals surface area contributed by atoms with Crippen molar-refractivity contribution < 1.29 is 19.4 Å². The van der Waals surface area contributed by atoms with Gasteiger partial charge in [0.25, 0.3) is 0 Å². The van der Waals surface area contributed by atoms with Crippen molar-refractivity contribution >= 4 is 23.5 Å². The van der Waals surface area contributed by atoms with Crippen LogP contribution in [0.2, 0.25) is 0 Å². The number of aliphatic carboxylic acids is 1. The molecule has 5 heteroatoms. The quantitative estimate of drug-likeness (QED) is 0.768. The number of benzene rings is 1. The highest BCUT2D eigenvalue weighted by atomic mass is 32.2. The third-order valence-electron chi connectivity index (χ3n) is 1.63. The summed E-state index contributed by atoms with van der Waals surface area (Å²) in [7, 11) is 0. The predicted molar refractivity (Wildman–Crippen MR) is 61.0 cm³/mol. The van der Waals surface area contributed by atoms with Gasteiger partial charge in [-0.2, -0.15) is 0 Å². The third kappa shape index (κ3) is 4.84. The molecule has 16 heavy (non-hydrogen) atoms. The SMILES string of the molecule is CC(=O)COc1ccc(SCC(=O)O)cc1. The van der Waals surface area contributed by atoms with Crippen LogP contribution in [0.15, 0.2) is 29.2 Å². The summed E-state index contributed by atoms with van der Waals surface area (Å²) < 4.78 is 5.17. The highest BCUT2D eigenvalue weighted by Gasteiger charge is 2.01. The lowest BCUT2D eigenvalue weighted by atomic mass is 10.3. The predicted octanol–water partition coefficient (Wildman–Crippen LogP) is 1.83. The van der Waals surface area contributed by atoms with E-state index in [1.807, 2.05) is 0 Å². The Morgan fingerprint density at radius 1 is 1.31 bits per heavy atom. The van der Waals surface area contributed by atoms with Crippen LogP contribution in [0, 0.1) is 0 Å². The minimum atomic E-state index is -0.845. The first-order valence-corrected chi connectivity index (χ1v) is 5.63. The summed E-state index contributed by atoms with van der Waals surface area (Å²) in [6.07, 6.45) is 0. The summed E-state index contributed by atoms with van der Waals surface area (Å²) in [6.45, 7) is 1.51. The molecule has 86 valence electrons. The van der Waals surface area contributed by atoms with Crippen molar-refractivity contribution in [2.45, 2.75) is 11.8 Å². The molecule has 1 aromatic carbocycles. The van der Waals surface area contributed by atoms with Gasteiger partial charge in [-0.1, -0.05) is 0 Å². The van der Waals surface area contributed by atoms with Crippen molar-refractivity contribution in [3.05, 3.63) is 24.3 Å². The highest BCUT2D eigenvalue weighted by molar-refractivity contribution is 8.00. The molecule has 0 aromatic heterocycles. The molecule has 0 radical (unpaired) electrons. The van der Waals surface area contributed by atoms with Gasteiger partial charge in [0.1, 0.15) is 12.4 Å². The van der Waals surface area contributed by atoms with Crippen LogP contribution in [0.4, 0.5) is 0 Å². The average Bonchev–Trinajstić information content (AvgIpc) is 2.25. The van der Waals surface area contributed by atoms with E-state index in [2.05, 4.69) is 0 Å².